The van der Waals surface area contributed by atoms with Crippen LogP contribution in [0.15, 0.2) is 0 Å². The molecule has 0 aliphatic carbocycles. The number of nitrogens with zero attached hydrogens (tertiary/aromatic N) is 3. The van der Waals surface area contributed by atoms with Crippen LogP contribution in [0.2, 0.25) is 5.28 Å². The number of hydrogen-bond donors (Lipinski definition) is 2. The molecule has 0 bridgehead atoms. The molecule has 0 atom stereocenters. The van der Waals surface area contributed by atoms with Crippen molar-refractivity contribution in [1.29, 1.82) is 0 Å². The van der Waals surface area contributed by atoms with Gasteiger partial charge in [0.25, 0.3) is 0 Å². The Kier molecular flexibility index (Phi) is 6.19. The highest BCUT2D eigenvalue weighted by atomic mass is 35.5. The van der Waals surface area contributed by atoms with Gasteiger partial charge in [-0.25, -0.2) is 13.1 Å². The van der Waals surface area contributed by atoms with Gasteiger partial charge in [-0.05, 0) is 18.0 Å². The third-order valence-corrected chi connectivity index (χ3v) is 2.69. The lowest BCUT2D eigenvalue weighted by Crippen LogP contribution is -2.28. The van der Waals surface area contributed by atoms with E-state index in [1.807, 2.05) is 6.92 Å². The number of ether oxygens (including phenoxy) is 1. The maximum absolute atomic E-state index is 10.8. The van der Waals surface area contributed by atoms with Crippen LogP contribution < -0.4 is 14.8 Å². The number of sulfonamides is 1. The van der Waals surface area contributed by atoms with Gasteiger partial charge in [0.05, 0.1) is 12.9 Å². The average molecular weight is 310 g/mol. The highest BCUT2D eigenvalue weighted by Gasteiger charge is 2.06. The molecule has 0 spiro atoms. The van der Waals surface area contributed by atoms with E-state index in [-0.39, 0.29) is 23.8 Å². The van der Waals surface area contributed by atoms with Crippen LogP contribution in [0.3, 0.4) is 0 Å². The van der Waals surface area contributed by atoms with E-state index in [1.54, 1.807) is 0 Å². The highest BCUT2D eigenvalue weighted by Crippen LogP contribution is 2.11. The average Bonchev–Trinajstić information content (AvgIpc) is 2.30. The van der Waals surface area contributed by atoms with Gasteiger partial charge >= 0.3 is 6.01 Å². The van der Waals surface area contributed by atoms with Crippen LogP contribution in [-0.2, 0) is 10.0 Å². The fourth-order valence-electron chi connectivity index (χ4n) is 1.08. The van der Waals surface area contributed by atoms with Crippen LogP contribution >= 0.6 is 11.6 Å². The van der Waals surface area contributed by atoms with Gasteiger partial charge in [-0.2, -0.15) is 15.0 Å². The molecule has 0 saturated carbocycles. The van der Waals surface area contributed by atoms with Crippen molar-refractivity contribution in [2.45, 2.75) is 13.3 Å². The van der Waals surface area contributed by atoms with Crippen molar-refractivity contribution >= 4 is 27.6 Å². The Morgan fingerprint density at radius 1 is 1.26 bits per heavy atom. The van der Waals surface area contributed by atoms with E-state index in [0.29, 0.717) is 13.2 Å². The van der Waals surface area contributed by atoms with Crippen LogP contribution in [-0.4, -0.2) is 49.3 Å². The van der Waals surface area contributed by atoms with E-state index in [2.05, 4.69) is 25.0 Å². The SMILES string of the molecule is CCCOc1nc(Cl)nc(NCCNS(C)(=O)=O)n1. The van der Waals surface area contributed by atoms with Crippen LogP contribution in [0, 0.1) is 0 Å². The number of anilines is 1. The van der Waals surface area contributed by atoms with Crippen LogP contribution in [0.4, 0.5) is 5.95 Å². The van der Waals surface area contributed by atoms with Gasteiger partial charge in [0.1, 0.15) is 0 Å². The zero-order chi connectivity index (χ0) is 14.3. The predicted molar refractivity (Wildman–Crippen MR) is 72.0 cm³/mol. The molecule has 0 aliphatic heterocycles. The lowest BCUT2D eigenvalue weighted by Gasteiger charge is -2.07. The third-order valence-electron chi connectivity index (χ3n) is 1.80. The first-order chi connectivity index (χ1) is 8.90. The fourth-order valence-corrected chi connectivity index (χ4v) is 1.70. The highest BCUT2D eigenvalue weighted by molar-refractivity contribution is 7.88. The van der Waals surface area contributed by atoms with Crippen molar-refractivity contribution in [2.75, 3.05) is 31.3 Å². The first kappa shape index (κ1) is 15.9. The molecule has 0 amide bonds. The zero-order valence-electron chi connectivity index (χ0n) is 10.7. The predicted octanol–water partition coefficient (Wildman–Crippen LogP) is 0.275. The van der Waals surface area contributed by atoms with Crippen molar-refractivity contribution < 1.29 is 13.2 Å². The minimum Gasteiger partial charge on any atom is -0.463 e. The largest absolute Gasteiger partial charge is 0.463 e. The van der Waals surface area contributed by atoms with E-state index in [0.717, 1.165) is 12.7 Å². The Bertz CT molecular complexity index is 511. The second-order valence-corrected chi connectivity index (χ2v) is 5.82. The van der Waals surface area contributed by atoms with Crippen molar-refractivity contribution in [3.05, 3.63) is 5.28 Å². The molecule has 0 unspecified atom stereocenters. The molecule has 1 rings (SSSR count). The van der Waals surface area contributed by atoms with E-state index in [9.17, 15) is 8.42 Å². The lowest BCUT2D eigenvalue weighted by molar-refractivity contribution is 0.291. The number of aromatic nitrogens is 3. The second-order valence-electron chi connectivity index (χ2n) is 3.65. The first-order valence-corrected chi connectivity index (χ1v) is 7.90. The van der Waals surface area contributed by atoms with Crippen molar-refractivity contribution in [3.8, 4) is 6.01 Å². The van der Waals surface area contributed by atoms with Gasteiger partial charge in [0.15, 0.2) is 0 Å². The maximum atomic E-state index is 10.8. The molecule has 0 aromatic carbocycles. The number of rotatable bonds is 8. The molecule has 1 aromatic heterocycles. The second kappa shape index (κ2) is 7.41. The van der Waals surface area contributed by atoms with E-state index >= 15 is 0 Å². The summed E-state index contributed by atoms with van der Waals surface area (Å²) in [6.45, 7) is 2.97. The Balaban J connectivity index is 2.51. The summed E-state index contributed by atoms with van der Waals surface area (Å²) in [5.74, 6) is 0.237. The van der Waals surface area contributed by atoms with Crippen molar-refractivity contribution in [2.24, 2.45) is 0 Å². The standard InChI is InChI=1S/C9H16ClN5O3S/c1-3-6-18-9-14-7(10)13-8(15-9)11-4-5-12-19(2,16)17/h12H,3-6H2,1-2H3,(H,11,13,14,15). The molecule has 0 radical (unpaired) electrons. The molecule has 0 saturated heterocycles. The van der Waals surface area contributed by atoms with Crippen LogP contribution in [0.25, 0.3) is 0 Å². The molecule has 1 heterocycles. The van der Waals surface area contributed by atoms with Crippen LogP contribution in [0.5, 0.6) is 6.01 Å². The van der Waals surface area contributed by atoms with Crippen molar-refractivity contribution in [3.63, 3.8) is 0 Å². The number of nitrogens with one attached hydrogen (secondary N) is 2. The summed E-state index contributed by atoms with van der Waals surface area (Å²) in [4.78, 5) is 11.6. The Hall–Kier alpha value is -1.19. The molecule has 10 heteroatoms. The van der Waals surface area contributed by atoms with E-state index in [1.165, 1.54) is 0 Å². The normalized spacial score (nSPS) is 11.3. The number of halogens is 1. The summed E-state index contributed by atoms with van der Waals surface area (Å²) in [7, 11) is -3.20. The molecule has 2 N–H and O–H groups in total. The quantitative estimate of drug-likeness (QED) is 0.664. The number of hydrogen-bond acceptors (Lipinski definition) is 7. The van der Waals surface area contributed by atoms with Gasteiger partial charge < -0.3 is 10.1 Å². The minimum absolute atomic E-state index is 0.0136. The zero-order valence-corrected chi connectivity index (χ0v) is 12.3. The fraction of sp³-hybridized carbons (Fsp3) is 0.667. The Morgan fingerprint density at radius 2 is 2.00 bits per heavy atom. The summed E-state index contributed by atoms with van der Waals surface area (Å²) in [6, 6.07) is 0.139. The smallest absolute Gasteiger partial charge is 0.322 e. The van der Waals surface area contributed by atoms with Gasteiger partial charge in [-0.3, -0.25) is 0 Å². The summed E-state index contributed by atoms with van der Waals surface area (Å²) in [5.41, 5.74) is 0. The van der Waals surface area contributed by atoms with Gasteiger partial charge in [0.2, 0.25) is 21.3 Å². The molecule has 8 nitrogen and oxygen atoms in total. The van der Waals surface area contributed by atoms with E-state index < -0.39 is 10.0 Å². The molecular formula is C9H16ClN5O3S. The molecule has 0 fully saturated rings. The van der Waals surface area contributed by atoms with Gasteiger partial charge in [0, 0.05) is 13.1 Å². The summed E-state index contributed by atoms with van der Waals surface area (Å²) in [5, 5.41) is 2.83. The Morgan fingerprint density at radius 3 is 2.63 bits per heavy atom. The lowest BCUT2D eigenvalue weighted by atomic mass is 10.5. The molecule has 19 heavy (non-hydrogen) atoms. The van der Waals surface area contributed by atoms with E-state index in [4.69, 9.17) is 16.3 Å². The first-order valence-electron chi connectivity index (χ1n) is 5.63. The molecule has 108 valence electrons. The van der Waals surface area contributed by atoms with Gasteiger partial charge in [-0.1, -0.05) is 6.92 Å². The Labute approximate surface area is 117 Å². The topological polar surface area (TPSA) is 106 Å². The van der Waals surface area contributed by atoms with Crippen molar-refractivity contribution in [1.82, 2.24) is 19.7 Å². The molecule has 1 aromatic rings. The monoisotopic (exact) mass is 309 g/mol. The maximum Gasteiger partial charge on any atom is 0.322 e. The molecule has 0 aliphatic rings. The molecular weight excluding hydrogens is 294 g/mol. The summed E-state index contributed by atoms with van der Waals surface area (Å²) in [6.07, 6.45) is 1.91. The summed E-state index contributed by atoms with van der Waals surface area (Å²) >= 11 is 5.72. The van der Waals surface area contributed by atoms with Crippen LogP contribution in [0.1, 0.15) is 13.3 Å². The van der Waals surface area contributed by atoms with Gasteiger partial charge in [-0.15, -0.1) is 0 Å². The third kappa shape index (κ3) is 7.09. The minimum atomic E-state index is -3.20. The summed E-state index contributed by atoms with van der Waals surface area (Å²) < 4.78 is 29.3.